The van der Waals surface area contributed by atoms with Gasteiger partial charge in [0.05, 0.1) is 16.7 Å². The highest BCUT2D eigenvalue weighted by molar-refractivity contribution is 5.98. The van der Waals surface area contributed by atoms with E-state index in [0.29, 0.717) is 16.8 Å². The van der Waals surface area contributed by atoms with Crippen molar-refractivity contribution in [3.8, 4) is 22.8 Å². The first-order valence-electron chi connectivity index (χ1n) is 10.1. The number of pyridine rings is 1. The molecule has 1 aromatic heterocycles. The molecule has 2 N–H and O–H groups in total. The summed E-state index contributed by atoms with van der Waals surface area (Å²) < 4.78 is 49.5. The number of ether oxygens (including phenoxy) is 2. The Labute approximate surface area is 192 Å². The zero-order chi connectivity index (χ0) is 24.8. The van der Waals surface area contributed by atoms with E-state index >= 15 is 0 Å². The van der Waals surface area contributed by atoms with Crippen molar-refractivity contribution in [1.29, 1.82) is 0 Å². The van der Waals surface area contributed by atoms with Gasteiger partial charge in [-0.2, -0.15) is 0 Å². The van der Waals surface area contributed by atoms with Crippen LogP contribution in [-0.2, 0) is 10.2 Å². The number of aromatic nitrogens is 1. The lowest BCUT2D eigenvalue weighted by atomic mass is 9.83. The summed E-state index contributed by atoms with van der Waals surface area (Å²) >= 11 is 0. The van der Waals surface area contributed by atoms with Crippen LogP contribution < -0.4 is 14.8 Å². The van der Waals surface area contributed by atoms with Crippen molar-refractivity contribution in [2.75, 3.05) is 5.32 Å². The van der Waals surface area contributed by atoms with Crippen molar-refractivity contribution in [1.82, 2.24) is 4.98 Å². The first kappa shape index (κ1) is 23.1. The monoisotopic (exact) mass is 472 g/mol. The molecule has 176 valence electrons. The number of carboxylic acids is 1. The number of aromatic carboxylic acids is 1. The van der Waals surface area contributed by atoms with Crippen molar-refractivity contribution in [2.45, 2.75) is 32.5 Å². The van der Waals surface area contributed by atoms with E-state index in [1.807, 2.05) is 0 Å². The molecule has 0 saturated carbocycles. The number of alkyl halides is 2. The van der Waals surface area contributed by atoms with Crippen LogP contribution in [0.15, 0.2) is 48.5 Å². The second kappa shape index (κ2) is 8.05. The van der Waals surface area contributed by atoms with Gasteiger partial charge in [-0.05, 0) is 68.3 Å². The summed E-state index contributed by atoms with van der Waals surface area (Å²) in [6, 6.07) is 10.6. The minimum atomic E-state index is -3.77. The number of carbonyl (C=O) groups excluding carboxylic acids is 1. The summed E-state index contributed by atoms with van der Waals surface area (Å²) in [6.45, 7) is 4.91. The van der Waals surface area contributed by atoms with Gasteiger partial charge in [0.2, 0.25) is 5.91 Å². The fourth-order valence-corrected chi connectivity index (χ4v) is 3.48. The Morgan fingerprint density at radius 3 is 2.44 bits per heavy atom. The lowest BCUT2D eigenvalue weighted by Crippen LogP contribution is -2.35. The highest BCUT2D eigenvalue weighted by Crippen LogP contribution is 2.43. The van der Waals surface area contributed by atoms with Crippen LogP contribution in [-0.4, -0.2) is 28.3 Å². The maximum Gasteiger partial charge on any atom is 0.586 e. The van der Waals surface area contributed by atoms with Crippen molar-refractivity contribution in [3.05, 3.63) is 71.0 Å². The Kier molecular flexibility index (Phi) is 5.47. The number of rotatable bonds is 5. The Morgan fingerprint density at radius 1 is 1.03 bits per heavy atom. The number of fused-ring (bicyclic) bond motifs is 1. The van der Waals surface area contributed by atoms with E-state index in [4.69, 9.17) is 0 Å². The first-order valence-corrected chi connectivity index (χ1v) is 10.1. The Morgan fingerprint density at radius 2 is 1.74 bits per heavy atom. The van der Waals surface area contributed by atoms with E-state index < -0.39 is 29.4 Å². The van der Waals surface area contributed by atoms with Gasteiger partial charge < -0.3 is 19.9 Å². The molecular weight excluding hydrogens is 453 g/mol. The molecular formula is C24H19F3N2O5. The average molecular weight is 472 g/mol. The topological polar surface area (TPSA) is 97.8 Å². The zero-order valence-electron chi connectivity index (χ0n) is 18.3. The lowest BCUT2D eigenvalue weighted by Gasteiger charge is -2.24. The molecule has 7 nitrogen and oxygen atoms in total. The number of aryl methyl sites for hydroxylation is 1. The molecule has 0 atom stereocenters. The van der Waals surface area contributed by atoms with Crippen molar-refractivity contribution in [2.24, 2.45) is 0 Å². The molecule has 34 heavy (non-hydrogen) atoms. The molecule has 1 aliphatic heterocycles. The number of hydrogen-bond acceptors (Lipinski definition) is 5. The highest BCUT2D eigenvalue weighted by Gasteiger charge is 2.44. The molecule has 2 heterocycles. The lowest BCUT2D eigenvalue weighted by molar-refractivity contribution is -0.286. The summed E-state index contributed by atoms with van der Waals surface area (Å²) in [5, 5.41) is 11.9. The van der Waals surface area contributed by atoms with Crippen LogP contribution in [0, 0.1) is 12.7 Å². The number of halogens is 3. The van der Waals surface area contributed by atoms with Gasteiger partial charge in [0.25, 0.3) is 0 Å². The van der Waals surface area contributed by atoms with Crippen molar-refractivity contribution < 1.29 is 37.3 Å². The minimum Gasteiger partial charge on any atom is -0.478 e. The highest BCUT2D eigenvalue weighted by atomic mass is 19.3. The number of benzene rings is 2. The maximum absolute atomic E-state index is 14.0. The van der Waals surface area contributed by atoms with E-state index in [9.17, 15) is 27.9 Å². The van der Waals surface area contributed by atoms with Crippen LogP contribution in [0.25, 0.3) is 11.3 Å². The molecule has 0 saturated heterocycles. The third kappa shape index (κ3) is 4.39. The van der Waals surface area contributed by atoms with E-state index in [1.165, 1.54) is 24.3 Å². The number of hydrogen-bond donors (Lipinski definition) is 2. The van der Waals surface area contributed by atoms with E-state index in [0.717, 1.165) is 12.1 Å². The second-order valence-corrected chi connectivity index (χ2v) is 8.30. The van der Waals surface area contributed by atoms with Gasteiger partial charge in [-0.3, -0.25) is 4.79 Å². The maximum atomic E-state index is 14.0. The molecule has 4 rings (SSSR count). The molecule has 3 aromatic rings. The number of amides is 1. The predicted octanol–water partition coefficient (Wildman–Crippen LogP) is 5.13. The standard InChI is InChI=1S/C24H19F3N2O5/c1-12-4-7-19(28-20(12)13-8-14(21(30)31)10-16(25)9-13)29-22(32)23(2,3)15-5-6-17-18(11-15)34-24(26,27)33-17/h4-11H,1-3H3,(H,30,31)(H,28,29,32). The van der Waals surface area contributed by atoms with Gasteiger partial charge in [0.1, 0.15) is 11.6 Å². The summed E-state index contributed by atoms with van der Waals surface area (Å²) in [5.41, 5.74) is 0.146. The van der Waals surface area contributed by atoms with Gasteiger partial charge in [-0.1, -0.05) is 12.1 Å². The zero-order valence-corrected chi connectivity index (χ0v) is 18.3. The fourth-order valence-electron chi connectivity index (χ4n) is 3.48. The molecule has 0 bridgehead atoms. The Hall–Kier alpha value is -4.08. The summed E-state index contributed by atoms with van der Waals surface area (Å²) in [6.07, 6.45) is -3.77. The van der Waals surface area contributed by atoms with Crippen LogP contribution in [0.3, 0.4) is 0 Å². The normalized spacial score (nSPS) is 14.1. The van der Waals surface area contributed by atoms with Crippen LogP contribution in [0.4, 0.5) is 19.0 Å². The number of nitrogens with zero attached hydrogens (tertiary/aromatic N) is 1. The smallest absolute Gasteiger partial charge is 0.478 e. The molecule has 0 fully saturated rings. The van der Waals surface area contributed by atoms with Crippen LogP contribution in [0.1, 0.15) is 35.3 Å². The quantitative estimate of drug-likeness (QED) is 0.534. The predicted molar refractivity (Wildman–Crippen MR) is 116 cm³/mol. The van der Waals surface area contributed by atoms with E-state index in [1.54, 1.807) is 32.9 Å². The fraction of sp³-hybridized carbons (Fsp3) is 0.208. The Balaban J connectivity index is 1.61. The number of carboxylic acid groups (broad SMARTS) is 1. The number of anilines is 1. The third-order valence-electron chi connectivity index (χ3n) is 5.45. The van der Waals surface area contributed by atoms with E-state index in [2.05, 4.69) is 19.8 Å². The molecule has 2 aromatic carbocycles. The van der Waals surface area contributed by atoms with Crippen LogP contribution >= 0.6 is 0 Å². The van der Waals surface area contributed by atoms with Gasteiger partial charge in [0, 0.05) is 5.56 Å². The van der Waals surface area contributed by atoms with Gasteiger partial charge >= 0.3 is 12.3 Å². The van der Waals surface area contributed by atoms with Gasteiger partial charge in [-0.15, -0.1) is 8.78 Å². The number of nitrogens with one attached hydrogen (secondary N) is 1. The molecule has 0 spiro atoms. The van der Waals surface area contributed by atoms with Crippen LogP contribution in [0.5, 0.6) is 11.5 Å². The van der Waals surface area contributed by atoms with Gasteiger partial charge in [-0.25, -0.2) is 14.2 Å². The molecule has 1 aliphatic rings. The van der Waals surface area contributed by atoms with Crippen molar-refractivity contribution in [3.63, 3.8) is 0 Å². The third-order valence-corrected chi connectivity index (χ3v) is 5.45. The minimum absolute atomic E-state index is 0.134. The van der Waals surface area contributed by atoms with Crippen molar-refractivity contribution >= 4 is 17.7 Å². The first-order chi connectivity index (χ1) is 15.9. The number of carbonyl (C=O) groups is 2. The molecule has 0 radical (unpaired) electrons. The molecule has 1 amide bonds. The van der Waals surface area contributed by atoms with Gasteiger partial charge in [0.15, 0.2) is 11.5 Å². The van der Waals surface area contributed by atoms with E-state index in [-0.39, 0.29) is 28.4 Å². The Bertz CT molecular complexity index is 1320. The largest absolute Gasteiger partial charge is 0.586 e. The SMILES string of the molecule is Cc1ccc(NC(=O)C(C)(C)c2ccc3c(c2)OC(F)(F)O3)nc1-c1cc(F)cc(C(=O)O)c1. The molecule has 10 heteroatoms. The molecule has 0 aliphatic carbocycles. The molecule has 0 unspecified atom stereocenters. The summed E-state index contributed by atoms with van der Waals surface area (Å²) in [4.78, 5) is 28.7. The average Bonchev–Trinajstić information content (AvgIpc) is 3.07. The summed E-state index contributed by atoms with van der Waals surface area (Å²) in [5.74, 6) is -2.69. The summed E-state index contributed by atoms with van der Waals surface area (Å²) in [7, 11) is 0. The second-order valence-electron chi connectivity index (χ2n) is 8.30. The van der Waals surface area contributed by atoms with Crippen LogP contribution in [0.2, 0.25) is 0 Å².